The van der Waals surface area contributed by atoms with Crippen LogP contribution in [0.4, 0.5) is 18.0 Å². The highest BCUT2D eigenvalue weighted by atomic mass is 32.1. The highest BCUT2D eigenvalue weighted by Crippen LogP contribution is 2.29. The summed E-state index contributed by atoms with van der Waals surface area (Å²) in [5.41, 5.74) is 5.31. The number of carbonyl (C=O) groups excluding carboxylic acids is 2. The summed E-state index contributed by atoms with van der Waals surface area (Å²) < 4.78 is 38.0. The Hall–Kier alpha value is -2.94. The van der Waals surface area contributed by atoms with E-state index in [0.717, 1.165) is 12.1 Å². The lowest BCUT2D eigenvalue weighted by Gasteiger charge is -2.11. The first-order valence-electron chi connectivity index (χ1n) is 7.32. The number of amides is 3. The van der Waals surface area contributed by atoms with Crippen LogP contribution < -0.4 is 16.4 Å². The van der Waals surface area contributed by atoms with Crippen LogP contribution in [0.1, 0.15) is 27.0 Å². The second-order valence-electron chi connectivity index (χ2n) is 5.28. The highest BCUT2D eigenvalue weighted by molar-refractivity contribution is 7.80. The summed E-state index contributed by atoms with van der Waals surface area (Å²) in [5, 5.41) is 4.80. The largest absolute Gasteiger partial charge is 0.416 e. The Labute approximate surface area is 152 Å². The molecule has 9 heteroatoms. The number of halogens is 3. The van der Waals surface area contributed by atoms with Gasteiger partial charge in [-0.2, -0.15) is 13.2 Å². The number of carbonyl (C=O) groups is 2. The molecule has 136 valence electrons. The number of benzene rings is 2. The van der Waals surface area contributed by atoms with Crippen molar-refractivity contribution in [3.63, 3.8) is 0 Å². The molecule has 0 saturated carbocycles. The number of alkyl halides is 3. The summed E-state index contributed by atoms with van der Waals surface area (Å²) in [4.78, 5) is 23.1. The third kappa shape index (κ3) is 5.28. The maximum atomic E-state index is 12.7. The number of thiocarbonyl (C=S) groups is 1. The van der Waals surface area contributed by atoms with Crippen LogP contribution in [0.25, 0.3) is 0 Å². The van der Waals surface area contributed by atoms with Gasteiger partial charge in [-0.3, -0.25) is 10.1 Å². The molecule has 0 fully saturated rings. The van der Waals surface area contributed by atoms with Crippen molar-refractivity contribution in [2.24, 2.45) is 5.73 Å². The van der Waals surface area contributed by atoms with E-state index in [4.69, 9.17) is 18.0 Å². The number of nitrogens with two attached hydrogens (primary N) is 1. The van der Waals surface area contributed by atoms with E-state index in [-0.39, 0.29) is 22.7 Å². The monoisotopic (exact) mass is 381 g/mol. The van der Waals surface area contributed by atoms with Crippen molar-refractivity contribution in [1.82, 2.24) is 10.6 Å². The summed E-state index contributed by atoms with van der Waals surface area (Å²) in [6.07, 6.45) is -4.45. The summed E-state index contributed by atoms with van der Waals surface area (Å²) in [6, 6.07) is 10.0. The Bertz CT molecular complexity index is 853. The van der Waals surface area contributed by atoms with Gasteiger partial charge in [-0.05, 0) is 29.8 Å². The zero-order valence-electron chi connectivity index (χ0n) is 13.3. The van der Waals surface area contributed by atoms with Crippen LogP contribution in [0, 0.1) is 0 Å². The summed E-state index contributed by atoms with van der Waals surface area (Å²) >= 11 is 5.07. The van der Waals surface area contributed by atoms with Gasteiger partial charge in [-0.1, -0.05) is 36.5 Å². The fourth-order valence-corrected chi connectivity index (χ4v) is 2.29. The van der Waals surface area contributed by atoms with Crippen molar-refractivity contribution in [2.45, 2.75) is 12.7 Å². The standard InChI is InChI=1S/C17H14F3N3O2S/c18-17(19,20)13-6-1-3-10(7-13)9-22-16(25)23-15(26)12-5-2-4-11(8-12)14(21)24/h1-8H,9H2,(H2,21,24)(H2,22,23,25,26). The van der Waals surface area contributed by atoms with Gasteiger partial charge in [0.25, 0.3) is 0 Å². The third-order valence-corrected chi connectivity index (χ3v) is 3.68. The van der Waals surface area contributed by atoms with Crippen molar-refractivity contribution >= 4 is 29.1 Å². The van der Waals surface area contributed by atoms with Crippen molar-refractivity contribution in [2.75, 3.05) is 0 Å². The molecule has 2 aromatic carbocycles. The van der Waals surface area contributed by atoms with Crippen LogP contribution in [-0.4, -0.2) is 16.9 Å². The van der Waals surface area contributed by atoms with E-state index >= 15 is 0 Å². The molecule has 5 nitrogen and oxygen atoms in total. The van der Waals surface area contributed by atoms with Gasteiger partial charge in [0.15, 0.2) is 0 Å². The highest BCUT2D eigenvalue weighted by Gasteiger charge is 2.30. The van der Waals surface area contributed by atoms with E-state index in [0.29, 0.717) is 5.56 Å². The Kier molecular flexibility index (Phi) is 5.93. The molecule has 2 rings (SSSR count). The molecule has 0 aliphatic rings. The molecule has 0 aliphatic carbocycles. The van der Waals surface area contributed by atoms with Crippen LogP contribution in [-0.2, 0) is 12.7 Å². The first-order valence-corrected chi connectivity index (χ1v) is 7.73. The molecule has 0 bridgehead atoms. The number of rotatable bonds is 4. The molecule has 26 heavy (non-hydrogen) atoms. The summed E-state index contributed by atoms with van der Waals surface area (Å²) in [7, 11) is 0. The molecule has 0 spiro atoms. The predicted molar refractivity (Wildman–Crippen MR) is 93.5 cm³/mol. The maximum Gasteiger partial charge on any atom is 0.416 e. The zero-order valence-corrected chi connectivity index (χ0v) is 14.1. The molecule has 2 aromatic rings. The minimum absolute atomic E-state index is 0.0506. The summed E-state index contributed by atoms with van der Waals surface area (Å²) in [5.74, 6) is -0.636. The molecule has 0 heterocycles. The molecular weight excluding hydrogens is 367 g/mol. The van der Waals surface area contributed by atoms with E-state index in [1.54, 1.807) is 12.1 Å². The average molecular weight is 381 g/mol. The molecular formula is C17H14F3N3O2S. The molecule has 0 aromatic heterocycles. The first-order chi connectivity index (χ1) is 12.2. The lowest BCUT2D eigenvalue weighted by Crippen LogP contribution is -2.38. The van der Waals surface area contributed by atoms with Crippen molar-refractivity contribution in [3.05, 3.63) is 70.8 Å². The number of hydrogen-bond acceptors (Lipinski definition) is 3. The van der Waals surface area contributed by atoms with Gasteiger partial charge in [-0.25, -0.2) is 4.79 Å². The Morgan fingerprint density at radius 1 is 1.04 bits per heavy atom. The lowest BCUT2D eigenvalue weighted by atomic mass is 10.1. The average Bonchev–Trinajstić information content (AvgIpc) is 2.59. The molecule has 0 saturated heterocycles. The number of primary amides is 1. The van der Waals surface area contributed by atoms with Crippen LogP contribution in [0.15, 0.2) is 48.5 Å². The van der Waals surface area contributed by atoms with Crippen LogP contribution in [0.2, 0.25) is 0 Å². The molecule has 0 unspecified atom stereocenters. The second-order valence-corrected chi connectivity index (χ2v) is 5.69. The van der Waals surface area contributed by atoms with E-state index in [1.165, 1.54) is 24.3 Å². The number of nitrogens with one attached hydrogen (secondary N) is 2. The van der Waals surface area contributed by atoms with E-state index < -0.39 is 23.7 Å². The third-order valence-electron chi connectivity index (χ3n) is 3.34. The maximum absolute atomic E-state index is 12.7. The summed E-state index contributed by atoms with van der Waals surface area (Å²) in [6.45, 7) is -0.111. The SMILES string of the molecule is NC(=O)c1cccc(C(=S)NC(=O)NCc2cccc(C(F)(F)F)c2)c1. The van der Waals surface area contributed by atoms with Crippen LogP contribution in [0.5, 0.6) is 0 Å². The number of urea groups is 1. The molecule has 0 atom stereocenters. The minimum atomic E-state index is -4.45. The van der Waals surface area contributed by atoms with Crippen molar-refractivity contribution < 1.29 is 22.8 Å². The fourth-order valence-electron chi connectivity index (χ4n) is 2.07. The molecule has 0 radical (unpaired) electrons. The minimum Gasteiger partial charge on any atom is -0.366 e. The van der Waals surface area contributed by atoms with Gasteiger partial charge in [0.05, 0.1) is 5.56 Å². The van der Waals surface area contributed by atoms with E-state index in [2.05, 4.69) is 10.6 Å². The zero-order chi connectivity index (χ0) is 19.3. The Balaban J connectivity index is 1.96. The van der Waals surface area contributed by atoms with Gasteiger partial charge >= 0.3 is 12.2 Å². The second kappa shape index (κ2) is 7.96. The van der Waals surface area contributed by atoms with Crippen LogP contribution >= 0.6 is 12.2 Å². The molecule has 3 amide bonds. The predicted octanol–water partition coefficient (Wildman–Crippen LogP) is 2.98. The van der Waals surface area contributed by atoms with E-state index in [9.17, 15) is 22.8 Å². The van der Waals surface area contributed by atoms with Gasteiger partial charge in [0, 0.05) is 17.7 Å². The topological polar surface area (TPSA) is 84.2 Å². The van der Waals surface area contributed by atoms with Gasteiger partial charge in [0.1, 0.15) is 4.99 Å². The van der Waals surface area contributed by atoms with Gasteiger partial charge in [0.2, 0.25) is 5.91 Å². The number of hydrogen-bond donors (Lipinski definition) is 3. The van der Waals surface area contributed by atoms with Gasteiger partial charge < -0.3 is 11.1 Å². The Morgan fingerprint density at radius 3 is 2.35 bits per heavy atom. The fraction of sp³-hybridized carbons (Fsp3) is 0.118. The van der Waals surface area contributed by atoms with Gasteiger partial charge in [-0.15, -0.1) is 0 Å². The van der Waals surface area contributed by atoms with E-state index in [1.807, 2.05) is 0 Å². The first kappa shape index (κ1) is 19.4. The van der Waals surface area contributed by atoms with Crippen molar-refractivity contribution in [1.29, 1.82) is 0 Å². The smallest absolute Gasteiger partial charge is 0.366 e. The van der Waals surface area contributed by atoms with Crippen molar-refractivity contribution in [3.8, 4) is 0 Å². The lowest BCUT2D eigenvalue weighted by molar-refractivity contribution is -0.137. The molecule has 0 aliphatic heterocycles. The molecule has 4 N–H and O–H groups in total. The Morgan fingerprint density at radius 2 is 1.69 bits per heavy atom. The quantitative estimate of drug-likeness (QED) is 0.712. The van der Waals surface area contributed by atoms with Crippen LogP contribution in [0.3, 0.4) is 0 Å². The normalized spacial score (nSPS) is 10.9.